The maximum absolute atomic E-state index is 12.0. The quantitative estimate of drug-likeness (QED) is 0.854. The van der Waals surface area contributed by atoms with E-state index in [1.807, 2.05) is 42.5 Å². The molecule has 0 saturated carbocycles. The predicted molar refractivity (Wildman–Crippen MR) is 82.8 cm³/mol. The number of aryl methyl sites for hydroxylation is 1. The van der Waals surface area contributed by atoms with Gasteiger partial charge in [-0.25, -0.2) is 4.79 Å². The smallest absolute Gasteiger partial charge is 0.319 e. The predicted octanol–water partition coefficient (Wildman–Crippen LogP) is 4.27. The molecule has 0 aliphatic rings. The highest BCUT2D eigenvalue weighted by Crippen LogP contribution is 2.20. The molecule has 2 N–H and O–H groups in total. The minimum atomic E-state index is -0.175. The Morgan fingerprint density at radius 1 is 1.05 bits per heavy atom. The summed E-state index contributed by atoms with van der Waals surface area (Å²) in [6.45, 7) is 4.13. The van der Waals surface area contributed by atoms with E-state index in [2.05, 4.69) is 36.6 Å². The zero-order chi connectivity index (χ0) is 14.4. The highest BCUT2D eigenvalue weighted by atomic mass is 16.2. The second-order valence-electron chi connectivity index (χ2n) is 4.78. The molecule has 3 nitrogen and oxygen atoms in total. The average Bonchev–Trinajstić information content (AvgIpc) is 2.46. The van der Waals surface area contributed by atoms with Crippen molar-refractivity contribution in [3.8, 4) is 0 Å². The maximum Gasteiger partial charge on any atom is 0.319 e. The molecule has 1 atom stereocenters. The number of carbonyl (C=O) groups is 1. The van der Waals surface area contributed by atoms with E-state index in [9.17, 15) is 4.79 Å². The van der Waals surface area contributed by atoms with Gasteiger partial charge < -0.3 is 10.6 Å². The van der Waals surface area contributed by atoms with Crippen molar-refractivity contribution in [1.29, 1.82) is 0 Å². The summed E-state index contributed by atoms with van der Waals surface area (Å²) in [7, 11) is 0. The van der Waals surface area contributed by atoms with Gasteiger partial charge in [-0.05, 0) is 36.6 Å². The molecule has 2 aromatic carbocycles. The van der Waals surface area contributed by atoms with Crippen LogP contribution in [0.25, 0.3) is 0 Å². The number of hydrogen-bond donors (Lipinski definition) is 2. The molecule has 0 radical (unpaired) electrons. The molecule has 3 heteroatoms. The first-order chi connectivity index (χ1) is 9.70. The van der Waals surface area contributed by atoms with Crippen molar-refractivity contribution in [2.45, 2.75) is 26.3 Å². The third kappa shape index (κ3) is 3.60. The van der Waals surface area contributed by atoms with Crippen LogP contribution in [0.3, 0.4) is 0 Å². The van der Waals surface area contributed by atoms with Crippen molar-refractivity contribution in [2.75, 3.05) is 5.32 Å². The van der Waals surface area contributed by atoms with E-state index >= 15 is 0 Å². The van der Waals surface area contributed by atoms with Crippen LogP contribution in [0.2, 0.25) is 0 Å². The number of anilines is 1. The summed E-state index contributed by atoms with van der Waals surface area (Å²) in [5, 5.41) is 5.87. The summed E-state index contributed by atoms with van der Waals surface area (Å²) in [5.41, 5.74) is 3.15. The van der Waals surface area contributed by atoms with Gasteiger partial charge in [-0.3, -0.25) is 0 Å². The van der Waals surface area contributed by atoms with Crippen molar-refractivity contribution in [2.24, 2.45) is 0 Å². The van der Waals surface area contributed by atoms with Gasteiger partial charge in [0.2, 0.25) is 0 Å². The Hall–Kier alpha value is -2.29. The molecular formula is C17H20N2O. The van der Waals surface area contributed by atoms with Gasteiger partial charge >= 0.3 is 6.03 Å². The summed E-state index contributed by atoms with van der Waals surface area (Å²) in [4.78, 5) is 12.0. The number of nitrogens with one attached hydrogen (secondary N) is 2. The van der Waals surface area contributed by atoms with Crippen molar-refractivity contribution in [3.63, 3.8) is 0 Å². The van der Waals surface area contributed by atoms with Gasteiger partial charge in [0.25, 0.3) is 0 Å². The SMILES string of the molecule is CCC(NC(=O)Nc1ccccc1)c1ccccc1C. The van der Waals surface area contributed by atoms with E-state index in [4.69, 9.17) is 0 Å². The van der Waals surface area contributed by atoms with Crippen LogP contribution >= 0.6 is 0 Å². The van der Waals surface area contributed by atoms with Crippen LogP contribution in [0, 0.1) is 6.92 Å². The Balaban J connectivity index is 2.04. The maximum atomic E-state index is 12.0. The van der Waals surface area contributed by atoms with Gasteiger partial charge in [0.15, 0.2) is 0 Å². The molecule has 1 unspecified atom stereocenters. The molecule has 0 bridgehead atoms. The lowest BCUT2D eigenvalue weighted by atomic mass is 9.99. The number of hydrogen-bond acceptors (Lipinski definition) is 1. The normalized spacial score (nSPS) is 11.7. The number of amides is 2. The van der Waals surface area contributed by atoms with Crippen LogP contribution < -0.4 is 10.6 Å². The van der Waals surface area contributed by atoms with E-state index in [1.165, 1.54) is 11.1 Å². The molecule has 104 valence electrons. The Kier molecular flexibility index (Phi) is 4.77. The average molecular weight is 268 g/mol. The summed E-state index contributed by atoms with van der Waals surface area (Å²) < 4.78 is 0. The van der Waals surface area contributed by atoms with E-state index in [1.54, 1.807) is 0 Å². The molecule has 2 amide bonds. The van der Waals surface area contributed by atoms with Gasteiger partial charge in [0, 0.05) is 5.69 Å². The Morgan fingerprint density at radius 3 is 2.35 bits per heavy atom. The summed E-state index contributed by atoms with van der Waals surface area (Å²) in [5.74, 6) is 0. The number of benzene rings is 2. The van der Waals surface area contributed by atoms with Gasteiger partial charge in [-0.2, -0.15) is 0 Å². The molecule has 0 saturated heterocycles. The fraction of sp³-hybridized carbons (Fsp3) is 0.235. The third-order valence-electron chi connectivity index (χ3n) is 3.31. The van der Waals surface area contributed by atoms with Crippen LogP contribution in [-0.4, -0.2) is 6.03 Å². The Morgan fingerprint density at radius 2 is 1.70 bits per heavy atom. The largest absolute Gasteiger partial charge is 0.331 e. The molecule has 0 aromatic heterocycles. The Bertz CT molecular complexity index is 566. The monoisotopic (exact) mass is 268 g/mol. The molecule has 0 aliphatic heterocycles. The van der Waals surface area contributed by atoms with Crippen molar-refractivity contribution < 1.29 is 4.79 Å². The van der Waals surface area contributed by atoms with Crippen LogP contribution in [0.5, 0.6) is 0 Å². The van der Waals surface area contributed by atoms with Crippen molar-refractivity contribution >= 4 is 11.7 Å². The molecule has 20 heavy (non-hydrogen) atoms. The van der Waals surface area contributed by atoms with E-state index in [0.717, 1.165) is 12.1 Å². The zero-order valence-electron chi connectivity index (χ0n) is 11.9. The zero-order valence-corrected chi connectivity index (χ0v) is 11.9. The van der Waals surface area contributed by atoms with Gasteiger partial charge in [-0.1, -0.05) is 49.4 Å². The first-order valence-electron chi connectivity index (χ1n) is 6.88. The lowest BCUT2D eigenvalue weighted by Gasteiger charge is -2.19. The number of carbonyl (C=O) groups excluding carboxylic acids is 1. The van der Waals surface area contributed by atoms with Crippen LogP contribution in [-0.2, 0) is 0 Å². The molecule has 2 rings (SSSR count). The van der Waals surface area contributed by atoms with Crippen LogP contribution in [0.1, 0.15) is 30.5 Å². The number of urea groups is 1. The third-order valence-corrected chi connectivity index (χ3v) is 3.31. The lowest BCUT2D eigenvalue weighted by Crippen LogP contribution is -2.32. The summed E-state index contributed by atoms with van der Waals surface area (Å²) >= 11 is 0. The number of para-hydroxylation sites is 1. The first-order valence-corrected chi connectivity index (χ1v) is 6.88. The minimum Gasteiger partial charge on any atom is -0.331 e. The molecule has 0 heterocycles. The van der Waals surface area contributed by atoms with Crippen molar-refractivity contribution in [1.82, 2.24) is 5.32 Å². The van der Waals surface area contributed by atoms with Gasteiger partial charge in [-0.15, -0.1) is 0 Å². The molecule has 0 fully saturated rings. The summed E-state index contributed by atoms with van der Waals surface area (Å²) in [6.07, 6.45) is 0.854. The van der Waals surface area contributed by atoms with Gasteiger partial charge in [0.05, 0.1) is 6.04 Å². The molecule has 0 spiro atoms. The van der Waals surface area contributed by atoms with Crippen molar-refractivity contribution in [3.05, 3.63) is 65.7 Å². The Labute approximate surface area is 120 Å². The topological polar surface area (TPSA) is 41.1 Å². The van der Waals surface area contributed by atoms with Crippen LogP contribution in [0.15, 0.2) is 54.6 Å². The highest BCUT2D eigenvalue weighted by molar-refractivity contribution is 5.89. The minimum absolute atomic E-state index is 0.0277. The molecule has 0 aliphatic carbocycles. The lowest BCUT2D eigenvalue weighted by molar-refractivity contribution is 0.248. The molecular weight excluding hydrogens is 248 g/mol. The van der Waals surface area contributed by atoms with E-state index in [0.29, 0.717) is 0 Å². The second-order valence-corrected chi connectivity index (χ2v) is 4.78. The standard InChI is InChI=1S/C17H20N2O/c1-3-16(15-12-8-7-9-13(15)2)19-17(20)18-14-10-5-4-6-11-14/h4-12,16H,3H2,1-2H3,(H2,18,19,20). The summed E-state index contributed by atoms with van der Waals surface area (Å²) in [6, 6.07) is 17.4. The fourth-order valence-corrected chi connectivity index (χ4v) is 2.22. The molecule has 2 aromatic rings. The second kappa shape index (κ2) is 6.75. The highest BCUT2D eigenvalue weighted by Gasteiger charge is 2.14. The van der Waals surface area contributed by atoms with Gasteiger partial charge in [0.1, 0.15) is 0 Å². The fourth-order valence-electron chi connectivity index (χ4n) is 2.22. The number of rotatable bonds is 4. The van der Waals surface area contributed by atoms with E-state index < -0.39 is 0 Å². The van der Waals surface area contributed by atoms with E-state index in [-0.39, 0.29) is 12.1 Å². The first kappa shape index (κ1) is 14.1. The van der Waals surface area contributed by atoms with Crippen LogP contribution in [0.4, 0.5) is 10.5 Å².